The Kier molecular flexibility index (Phi) is 4.27. The Labute approximate surface area is 81.7 Å². The second-order valence-electron chi connectivity index (χ2n) is 4.03. The fourth-order valence-corrected chi connectivity index (χ4v) is 1.48. The lowest BCUT2D eigenvalue weighted by Crippen LogP contribution is -2.38. The van der Waals surface area contributed by atoms with E-state index in [1.807, 2.05) is 7.05 Å². The van der Waals surface area contributed by atoms with E-state index in [1.54, 1.807) is 0 Å². The summed E-state index contributed by atoms with van der Waals surface area (Å²) in [6.45, 7) is 5.24. The summed E-state index contributed by atoms with van der Waals surface area (Å²) in [5.74, 6) is 3.66. The third kappa shape index (κ3) is 4.31. The van der Waals surface area contributed by atoms with Crippen molar-refractivity contribution in [2.24, 2.45) is 5.92 Å². The van der Waals surface area contributed by atoms with Crippen molar-refractivity contribution in [1.29, 1.82) is 0 Å². The molecule has 1 unspecified atom stereocenters. The molecule has 13 heavy (non-hydrogen) atoms. The van der Waals surface area contributed by atoms with Gasteiger partial charge in [-0.3, -0.25) is 4.90 Å². The summed E-state index contributed by atoms with van der Waals surface area (Å²) < 4.78 is 0. The standard InChI is InChI=1S/C11H20N2/c1-4-7-13(8-10(2)12-3)9-11-5-6-11/h1,10-12H,5-9H2,2-3H3. The molecule has 1 fully saturated rings. The Morgan fingerprint density at radius 1 is 1.62 bits per heavy atom. The third-order valence-electron chi connectivity index (χ3n) is 2.55. The molecule has 74 valence electrons. The quantitative estimate of drug-likeness (QED) is 0.612. The van der Waals surface area contributed by atoms with Gasteiger partial charge in [-0.25, -0.2) is 0 Å². The predicted molar refractivity (Wildman–Crippen MR) is 56.5 cm³/mol. The van der Waals surface area contributed by atoms with Crippen LogP contribution in [0, 0.1) is 18.3 Å². The van der Waals surface area contributed by atoms with E-state index < -0.39 is 0 Å². The molecule has 1 saturated carbocycles. The van der Waals surface area contributed by atoms with Gasteiger partial charge in [-0.15, -0.1) is 6.42 Å². The van der Waals surface area contributed by atoms with E-state index in [-0.39, 0.29) is 0 Å². The molecule has 0 aromatic heterocycles. The first-order chi connectivity index (χ1) is 6.26. The van der Waals surface area contributed by atoms with Crippen LogP contribution in [0.5, 0.6) is 0 Å². The van der Waals surface area contributed by atoms with E-state index >= 15 is 0 Å². The number of hydrogen-bond donors (Lipinski definition) is 1. The summed E-state index contributed by atoms with van der Waals surface area (Å²) in [5, 5.41) is 3.24. The normalized spacial score (nSPS) is 18.6. The molecule has 0 amide bonds. The van der Waals surface area contributed by atoms with Crippen molar-refractivity contribution < 1.29 is 0 Å². The topological polar surface area (TPSA) is 15.3 Å². The van der Waals surface area contributed by atoms with Crippen LogP contribution in [0.1, 0.15) is 19.8 Å². The number of rotatable bonds is 6. The summed E-state index contributed by atoms with van der Waals surface area (Å²) in [7, 11) is 2.00. The minimum absolute atomic E-state index is 0.534. The van der Waals surface area contributed by atoms with E-state index in [2.05, 4.69) is 23.1 Å². The molecule has 0 aromatic rings. The zero-order valence-corrected chi connectivity index (χ0v) is 8.71. The van der Waals surface area contributed by atoms with Gasteiger partial charge in [0, 0.05) is 19.1 Å². The molecule has 0 radical (unpaired) electrons. The zero-order chi connectivity index (χ0) is 9.68. The first-order valence-corrected chi connectivity index (χ1v) is 5.09. The zero-order valence-electron chi connectivity index (χ0n) is 8.71. The van der Waals surface area contributed by atoms with Crippen LogP contribution in [-0.2, 0) is 0 Å². The smallest absolute Gasteiger partial charge is 0.0599 e. The highest BCUT2D eigenvalue weighted by Crippen LogP contribution is 2.29. The third-order valence-corrected chi connectivity index (χ3v) is 2.55. The fraction of sp³-hybridized carbons (Fsp3) is 0.818. The molecule has 0 aromatic carbocycles. The monoisotopic (exact) mass is 180 g/mol. The van der Waals surface area contributed by atoms with Crippen molar-refractivity contribution in [1.82, 2.24) is 10.2 Å². The molecule has 2 heteroatoms. The van der Waals surface area contributed by atoms with Gasteiger partial charge in [0.2, 0.25) is 0 Å². The average Bonchev–Trinajstić information content (AvgIpc) is 2.88. The second-order valence-corrected chi connectivity index (χ2v) is 4.03. The molecule has 0 spiro atoms. The molecule has 0 bridgehead atoms. The van der Waals surface area contributed by atoms with Gasteiger partial charge in [-0.2, -0.15) is 0 Å². The molecule has 1 atom stereocenters. The maximum atomic E-state index is 5.33. The molecule has 0 heterocycles. The highest BCUT2D eigenvalue weighted by molar-refractivity contribution is 4.90. The lowest BCUT2D eigenvalue weighted by Gasteiger charge is -2.23. The van der Waals surface area contributed by atoms with Crippen LogP contribution < -0.4 is 5.32 Å². The van der Waals surface area contributed by atoms with Gasteiger partial charge >= 0.3 is 0 Å². The molecule has 0 aliphatic heterocycles. The van der Waals surface area contributed by atoms with E-state index in [0.717, 1.165) is 19.0 Å². The van der Waals surface area contributed by atoms with Crippen molar-refractivity contribution in [2.75, 3.05) is 26.7 Å². The molecular weight excluding hydrogens is 160 g/mol. The van der Waals surface area contributed by atoms with E-state index in [4.69, 9.17) is 6.42 Å². The molecule has 1 N–H and O–H groups in total. The van der Waals surface area contributed by atoms with Gasteiger partial charge in [0.1, 0.15) is 0 Å². The SMILES string of the molecule is C#CCN(CC1CC1)CC(C)NC. The average molecular weight is 180 g/mol. The summed E-state index contributed by atoms with van der Waals surface area (Å²) in [6, 6.07) is 0.534. The number of likely N-dealkylation sites (N-methyl/N-ethyl adjacent to an activating group) is 1. The van der Waals surface area contributed by atoms with E-state index in [0.29, 0.717) is 6.04 Å². The maximum absolute atomic E-state index is 5.33. The predicted octanol–water partition coefficient (Wildman–Crippen LogP) is 0.940. The van der Waals surface area contributed by atoms with Crippen molar-refractivity contribution in [3.05, 3.63) is 0 Å². The van der Waals surface area contributed by atoms with Gasteiger partial charge in [-0.05, 0) is 32.7 Å². The van der Waals surface area contributed by atoms with Crippen LogP contribution in [0.3, 0.4) is 0 Å². The molecule has 0 saturated heterocycles. The van der Waals surface area contributed by atoms with Gasteiger partial charge in [0.15, 0.2) is 0 Å². The minimum Gasteiger partial charge on any atom is -0.316 e. The Balaban J connectivity index is 2.23. The number of terminal acetylenes is 1. The Morgan fingerprint density at radius 3 is 2.77 bits per heavy atom. The van der Waals surface area contributed by atoms with Crippen LogP contribution in [0.2, 0.25) is 0 Å². The van der Waals surface area contributed by atoms with Gasteiger partial charge in [0.25, 0.3) is 0 Å². The summed E-state index contributed by atoms with van der Waals surface area (Å²) >= 11 is 0. The Bertz CT molecular complexity index is 179. The van der Waals surface area contributed by atoms with Crippen LogP contribution in [0.15, 0.2) is 0 Å². The van der Waals surface area contributed by atoms with E-state index in [9.17, 15) is 0 Å². The van der Waals surface area contributed by atoms with Gasteiger partial charge in [-0.1, -0.05) is 5.92 Å². The Morgan fingerprint density at radius 2 is 2.31 bits per heavy atom. The lowest BCUT2D eigenvalue weighted by atomic mass is 10.3. The largest absolute Gasteiger partial charge is 0.316 e. The first-order valence-electron chi connectivity index (χ1n) is 5.09. The van der Waals surface area contributed by atoms with Gasteiger partial charge < -0.3 is 5.32 Å². The molecule has 1 rings (SSSR count). The number of nitrogens with zero attached hydrogens (tertiary/aromatic N) is 1. The van der Waals surface area contributed by atoms with Crippen LogP contribution in [0.4, 0.5) is 0 Å². The van der Waals surface area contributed by atoms with Crippen molar-refractivity contribution in [3.63, 3.8) is 0 Å². The highest BCUT2D eigenvalue weighted by atomic mass is 15.1. The van der Waals surface area contributed by atoms with E-state index in [1.165, 1.54) is 19.4 Å². The fourth-order valence-electron chi connectivity index (χ4n) is 1.48. The van der Waals surface area contributed by atoms with Crippen molar-refractivity contribution >= 4 is 0 Å². The minimum atomic E-state index is 0.534. The van der Waals surface area contributed by atoms with Crippen LogP contribution >= 0.6 is 0 Å². The molecule has 1 aliphatic carbocycles. The highest BCUT2D eigenvalue weighted by Gasteiger charge is 2.24. The maximum Gasteiger partial charge on any atom is 0.0599 e. The lowest BCUT2D eigenvalue weighted by molar-refractivity contribution is 0.269. The van der Waals surface area contributed by atoms with Crippen molar-refractivity contribution in [3.8, 4) is 12.3 Å². The molecular formula is C11H20N2. The number of nitrogens with one attached hydrogen (secondary N) is 1. The molecule has 2 nitrogen and oxygen atoms in total. The first kappa shape index (κ1) is 10.6. The summed E-state index contributed by atoms with van der Waals surface area (Å²) in [6.07, 6.45) is 8.13. The summed E-state index contributed by atoms with van der Waals surface area (Å²) in [5.41, 5.74) is 0. The Hall–Kier alpha value is -0.520. The number of hydrogen-bond acceptors (Lipinski definition) is 2. The second kappa shape index (κ2) is 5.26. The van der Waals surface area contributed by atoms with Crippen LogP contribution in [-0.4, -0.2) is 37.6 Å². The van der Waals surface area contributed by atoms with Crippen molar-refractivity contribution in [2.45, 2.75) is 25.8 Å². The van der Waals surface area contributed by atoms with Crippen LogP contribution in [0.25, 0.3) is 0 Å². The summed E-state index contributed by atoms with van der Waals surface area (Å²) in [4.78, 5) is 2.37. The molecule has 1 aliphatic rings. The van der Waals surface area contributed by atoms with Gasteiger partial charge in [0.05, 0.1) is 6.54 Å².